The van der Waals surface area contributed by atoms with Crippen LogP contribution in [0, 0.1) is 5.41 Å². The highest BCUT2D eigenvalue weighted by Gasteiger charge is 2.33. The number of nitrogens with one attached hydrogen (secondary N) is 1. The first kappa shape index (κ1) is 11.3. The Hall–Kier alpha value is -0.730. The van der Waals surface area contributed by atoms with Crippen molar-refractivity contribution in [1.82, 2.24) is 5.32 Å². The van der Waals surface area contributed by atoms with Crippen molar-refractivity contribution in [2.75, 3.05) is 13.2 Å². The van der Waals surface area contributed by atoms with Gasteiger partial charge in [0.1, 0.15) is 0 Å². The van der Waals surface area contributed by atoms with Gasteiger partial charge in [-0.2, -0.15) is 0 Å². The number of hydrogen-bond acceptors (Lipinski definition) is 2. The van der Waals surface area contributed by atoms with Crippen LogP contribution < -0.4 is 5.32 Å². The SMILES string of the molecule is CCNC(=O)OCC1(CC)CCCC1. The van der Waals surface area contributed by atoms with Crippen molar-refractivity contribution >= 4 is 6.09 Å². The zero-order chi connectivity index (χ0) is 10.4. The van der Waals surface area contributed by atoms with Crippen molar-refractivity contribution in [1.29, 1.82) is 0 Å². The number of hydrogen-bond donors (Lipinski definition) is 1. The van der Waals surface area contributed by atoms with Gasteiger partial charge in [0.2, 0.25) is 0 Å². The van der Waals surface area contributed by atoms with Gasteiger partial charge >= 0.3 is 6.09 Å². The summed E-state index contributed by atoms with van der Waals surface area (Å²) < 4.78 is 5.21. The summed E-state index contributed by atoms with van der Waals surface area (Å²) in [6.45, 7) is 5.31. The quantitative estimate of drug-likeness (QED) is 0.756. The summed E-state index contributed by atoms with van der Waals surface area (Å²) in [7, 11) is 0. The monoisotopic (exact) mass is 199 g/mol. The summed E-state index contributed by atoms with van der Waals surface area (Å²) in [6.07, 6.45) is 5.84. The lowest BCUT2D eigenvalue weighted by atomic mass is 9.84. The fraction of sp³-hybridized carbons (Fsp3) is 0.909. The summed E-state index contributed by atoms with van der Waals surface area (Å²) in [5.74, 6) is 0. The second-order valence-corrected chi connectivity index (χ2v) is 4.17. The van der Waals surface area contributed by atoms with Crippen LogP contribution in [-0.4, -0.2) is 19.2 Å². The number of carbonyl (C=O) groups is 1. The Morgan fingerprint density at radius 1 is 1.36 bits per heavy atom. The third-order valence-corrected chi connectivity index (χ3v) is 3.24. The summed E-state index contributed by atoms with van der Waals surface area (Å²) >= 11 is 0. The van der Waals surface area contributed by atoms with Gasteiger partial charge < -0.3 is 10.1 Å². The molecular weight excluding hydrogens is 178 g/mol. The molecular formula is C11H21NO2. The minimum absolute atomic E-state index is 0.271. The lowest BCUT2D eigenvalue weighted by Crippen LogP contribution is -2.30. The van der Waals surface area contributed by atoms with E-state index in [0.29, 0.717) is 13.2 Å². The lowest BCUT2D eigenvalue weighted by Gasteiger charge is -2.26. The molecule has 3 heteroatoms. The number of ether oxygens (including phenoxy) is 1. The van der Waals surface area contributed by atoms with Crippen LogP contribution >= 0.6 is 0 Å². The molecule has 0 radical (unpaired) electrons. The molecule has 0 aliphatic heterocycles. The van der Waals surface area contributed by atoms with Crippen molar-refractivity contribution < 1.29 is 9.53 Å². The van der Waals surface area contributed by atoms with Crippen LogP contribution in [0.15, 0.2) is 0 Å². The Morgan fingerprint density at radius 3 is 2.50 bits per heavy atom. The second-order valence-electron chi connectivity index (χ2n) is 4.17. The Balaban J connectivity index is 2.30. The number of alkyl carbamates (subject to hydrolysis) is 1. The van der Waals surface area contributed by atoms with E-state index in [4.69, 9.17) is 4.74 Å². The van der Waals surface area contributed by atoms with Crippen molar-refractivity contribution in [2.45, 2.75) is 46.0 Å². The van der Waals surface area contributed by atoms with Crippen LogP contribution in [0.2, 0.25) is 0 Å². The smallest absolute Gasteiger partial charge is 0.407 e. The van der Waals surface area contributed by atoms with Gasteiger partial charge in [0.25, 0.3) is 0 Å². The van der Waals surface area contributed by atoms with Gasteiger partial charge in [-0.05, 0) is 26.2 Å². The third kappa shape index (κ3) is 2.89. The van der Waals surface area contributed by atoms with Gasteiger partial charge in [0.05, 0.1) is 6.61 Å². The van der Waals surface area contributed by atoms with E-state index >= 15 is 0 Å². The first-order chi connectivity index (χ1) is 6.72. The summed E-state index contributed by atoms with van der Waals surface area (Å²) in [5.41, 5.74) is 0.283. The predicted octanol–water partition coefficient (Wildman–Crippen LogP) is 2.70. The Bertz CT molecular complexity index is 186. The van der Waals surface area contributed by atoms with Gasteiger partial charge in [-0.25, -0.2) is 4.79 Å². The van der Waals surface area contributed by atoms with Crippen molar-refractivity contribution in [3.63, 3.8) is 0 Å². The molecule has 1 N–H and O–H groups in total. The first-order valence-electron chi connectivity index (χ1n) is 5.63. The standard InChI is InChI=1S/C11H21NO2/c1-3-11(7-5-6-8-11)9-14-10(13)12-4-2/h3-9H2,1-2H3,(H,12,13). The highest BCUT2D eigenvalue weighted by molar-refractivity contribution is 5.66. The maximum absolute atomic E-state index is 11.1. The molecule has 0 spiro atoms. The molecule has 0 aromatic rings. The molecule has 82 valence electrons. The van der Waals surface area contributed by atoms with Gasteiger partial charge in [-0.3, -0.25) is 0 Å². The number of carbonyl (C=O) groups excluding carboxylic acids is 1. The molecule has 3 nitrogen and oxygen atoms in total. The molecule has 1 aliphatic carbocycles. The molecule has 0 aromatic heterocycles. The normalized spacial score (nSPS) is 19.3. The lowest BCUT2D eigenvalue weighted by molar-refractivity contribution is 0.0820. The van der Waals surface area contributed by atoms with Crippen LogP contribution in [0.3, 0.4) is 0 Å². The van der Waals surface area contributed by atoms with E-state index in [2.05, 4.69) is 12.2 Å². The van der Waals surface area contributed by atoms with Crippen LogP contribution in [-0.2, 0) is 4.74 Å². The van der Waals surface area contributed by atoms with E-state index in [-0.39, 0.29) is 11.5 Å². The molecule has 0 heterocycles. The highest BCUT2D eigenvalue weighted by Crippen LogP contribution is 2.40. The predicted molar refractivity (Wildman–Crippen MR) is 56.2 cm³/mol. The molecule has 0 bridgehead atoms. The Labute approximate surface area is 86.2 Å². The van der Waals surface area contributed by atoms with Gasteiger partial charge in [-0.1, -0.05) is 19.8 Å². The number of amides is 1. The molecule has 0 aromatic carbocycles. The fourth-order valence-corrected chi connectivity index (χ4v) is 2.14. The minimum Gasteiger partial charge on any atom is -0.449 e. The molecule has 0 unspecified atom stereocenters. The van der Waals surface area contributed by atoms with E-state index in [9.17, 15) is 4.79 Å². The van der Waals surface area contributed by atoms with E-state index in [0.717, 1.165) is 6.42 Å². The minimum atomic E-state index is -0.271. The fourth-order valence-electron chi connectivity index (χ4n) is 2.14. The first-order valence-corrected chi connectivity index (χ1v) is 5.63. The zero-order valence-electron chi connectivity index (χ0n) is 9.27. The summed E-state index contributed by atoms with van der Waals surface area (Å²) in [5, 5.41) is 2.65. The van der Waals surface area contributed by atoms with Crippen LogP contribution in [0.1, 0.15) is 46.0 Å². The maximum atomic E-state index is 11.1. The van der Waals surface area contributed by atoms with Gasteiger partial charge in [0.15, 0.2) is 0 Å². The average Bonchev–Trinajstić information content (AvgIpc) is 2.65. The zero-order valence-corrected chi connectivity index (χ0v) is 9.27. The third-order valence-electron chi connectivity index (χ3n) is 3.24. The molecule has 14 heavy (non-hydrogen) atoms. The van der Waals surface area contributed by atoms with E-state index in [1.165, 1.54) is 25.7 Å². The van der Waals surface area contributed by atoms with Crippen LogP contribution in [0.4, 0.5) is 4.79 Å². The maximum Gasteiger partial charge on any atom is 0.407 e. The van der Waals surface area contributed by atoms with Gasteiger partial charge in [-0.15, -0.1) is 0 Å². The summed E-state index contributed by atoms with van der Waals surface area (Å²) in [6, 6.07) is 0. The van der Waals surface area contributed by atoms with Crippen molar-refractivity contribution in [2.24, 2.45) is 5.41 Å². The Kier molecular flexibility index (Phi) is 4.23. The van der Waals surface area contributed by atoms with E-state index in [1.54, 1.807) is 0 Å². The van der Waals surface area contributed by atoms with Crippen LogP contribution in [0.25, 0.3) is 0 Å². The molecule has 0 saturated heterocycles. The van der Waals surface area contributed by atoms with Crippen molar-refractivity contribution in [3.05, 3.63) is 0 Å². The van der Waals surface area contributed by atoms with Crippen molar-refractivity contribution in [3.8, 4) is 0 Å². The van der Waals surface area contributed by atoms with E-state index < -0.39 is 0 Å². The highest BCUT2D eigenvalue weighted by atomic mass is 16.5. The molecule has 0 atom stereocenters. The van der Waals surface area contributed by atoms with Crippen LogP contribution in [0.5, 0.6) is 0 Å². The molecule has 1 saturated carbocycles. The Morgan fingerprint density at radius 2 is 2.00 bits per heavy atom. The number of rotatable bonds is 4. The second kappa shape index (κ2) is 5.23. The average molecular weight is 199 g/mol. The molecule has 1 amide bonds. The largest absolute Gasteiger partial charge is 0.449 e. The molecule has 1 aliphatic rings. The summed E-state index contributed by atoms with van der Waals surface area (Å²) in [4.78, 5) is 11.1. The molecule has 1 fully saturated rings. The van der Waals surface area contributed by atoms with Gasteiger partial charge in [0, 0.05) is 12.0 Å². The topological polar surface area (TPSA) is 38.3 Å². The molecule has 1 rings (SSSR count). The van der Waals surface area contributed by atoms with E-state index in [1.807, 2.05) is 6.92 Å².